The van der Waals surface area contributed by atoms with Crippen LogP contribution in [-0.2, 0) is 14.8 Å². The minimum absolute atomic E-state index is 0.00274. The van der Waals surface area contributed by atoms with Crippen LogP contribution in [0.4, 0.5) is 11.4 Å². The van der Waals surface area contributed by atoms with Crippen molar-refractivity contribution in [3.05, 3.63) is 57.6 Å². The molecule has 1 aromatic heterocycles. The summed E-state index contributed by atoms with van der Waals surface area (Å²) < 4.78 is 34.7. The predicted molar refractivity (Wildman–Crippen MR) is 126 cm³/mol. The zero-order valence-electron chi connectivity index (χ0n) is 17.9. The van der Waals surface area contributed by atoms with Crippen molar-refractivity contribution in [2.75, 3.05) is 44.3 Å². The van der Waals surface area contributed by atoms with E-state index in [0.29, 0.717) is 37.9 Å². The number of anilines is 1. The molecule has 5 rings (SSSR count). The minimum Gasteiger partial charge on any atom is -0.379 e. The third kappa shape index (κ3) is 4.33. The summed E-state index contributed by atoms with van der Waals surface area (Å²) in [4.78, 5) is 17.6. The number of sulfonamides is 1. The van der Waals surface area contributed by atoms with Crippen molar-refractivity contribution in [3.8, 4) is 0 Å². The number of rotatable bonds is 5. The van der Waals surface area contributed by atoms with Crippen molar-refractivity contribution in [1.29, 1.82) is 0 Å². The van der Waals surface area contributed by atoms with E-state index in [0.717, 1.165) is 23.4 Å². The molecule has 0 N–H and O–H groups in total. The van der Waals surface area contributed by atoms with Crippen LogP contribution in [0.1, 0.15) is 23.8 Å². The highest BCUT2D eigenvalue weighted by Crippen LogP contribution is 2.38. The summed E-state index contributed by atoms with van der Waals surface area (Å²) in [5.74, 6) is 0.316. The highest BCUT2D eigenvalue weighted by atomic mass is 32.2. The van der Waals surface area contributed by atoms with E-state index in [2.05, 4.69) is 6.07 Å². The Morgan fingerprint density at radius 3 is 2.48 bits per heavy atom. The Kier molecular flexibility index (Phi) is 6.04. The summed E-state index contributed by atoms with van der Waals surface area (Å²) in [6.45, 7) is 2.43. The van der Waals surface area contributed by atoms with Crippen molar-refractivity contribution in [2.45, 2.75) is 23.7 Å². The van der Waals surface area contributed by atoms with E-state index in [-0.39, 0.29) is 23.7 Å². The Morgan fingerprint density at radius 1 is 1.06 bits per heavy atom. The molecule has 0 unspecified atom stereocenters. The first-order chi connectivity index (χ1) is 15.9. The zero-order chi connectivity index (χ0) is 23.0. The number of morpholine rings is 1. The van der Waals surface area contributed by atoms with Gasteiger partial charge in [-0.1, -0.05) is 12.1 Å². The van der Waals surface area contributed by atoms with Crippen LogP contribution in [0, 0.1) is 10.1 Å². The van der Waals surface area contributed by atoms with Gasteiger partial charge in [-0.2, -0.15) is 4.31 Å². The Hall–Kier alpha value is -2.60. The SMILES string of the molecule is O=[N+]([O-])c1ccc(N2CCC(c3nc4ccccc4s3)CC2)c(S(=O)(=O)N2CCOCC2)c1. The molecule has 2 aliphatic heterocycles. The number of aromatic nitrogens is 1. The van der Waals surface area contributed by atoms with Crippen molar-refractivity contribution >= 4 is 43.0 Å². The Bertz CT molecular complexity index is 1250. The van der Waals surface area contributed by atoms with Crippen molar-refractivity contribution in [2.24, 2.45) is 0 Å². The highest BCUT2D eigenvalue weighted by molar-refractivity contribution is 7.89. The molecule has 0 atom stereocenters. The third-order valence-electron chi connectivity index (χ3n) is 6.24. The quantitative estimate of drug-likeness (QED) is 0.399. The fourth-order valence-corrected chi connectivity index (χ4v) is 7.22. The fourth-order valence-electron chi connectivity index (χ4n) is 4.44. The maximum atomic E-state index is 13.4. The molecule has 174 valence electrons. The van der Waals surface area contributed by atoms with Gasteiger partial charge in [-0.15, -0.1) is 11.3 Å². The summed E-state index contributed by atoms with van der Waals surface area (Å²) in [6, 6.07) is 12.2. The smallest absolute Gasteiger partial charge is 0.270 e. The highest BCUT2D eigenvalue weighted by Gasteiger charge is 2.33. The number of non-ortho nitro benzene ring substituents is 1. The van der Waals surface area contributed by atoms with Crippen LogP contribution in [0.3, 0.4) is 0 Å². The van der Waals surface area contributed by atoms with Gasteiger partial charge < -0.3 is 9.64 Å². The molecule has 0 bridgehead atoms. The predicted octanol–water partition coefficient (Wildman–Crippen LogP) is 3.61. The number of nitro benzene ring substituents is 1. The number of fused-ring (bicyclic) bond motifs is 1. The summed E-state index contributed by atoms with van der Waals surface area (Å²) in [5, 5.41) is 12.5. The van der Waals surface area contributed by atoms with Gasteiger partial charge in [-0.3, -0.25) is 10.1 Å². The van der Waals surface area contributed by atoms with Gasteiger partial charge in [0.15, 0.2) is 0 Å². The van der Waals surface area contributed by atoms with E-state index in [1.165, 1.54) is 21.1 Å². The second-order valence-electron chi connectivity index (χ2n) is 8.21. The molecule has 0 saturated carbocycles. The average Bonchev–Trinajstić information content (AvgIpc) is 3.29. The number of para-hydroxylation sites is 1. The van der Waals surface area contributed by atoms with E-state index in [1.54, 1.807) is 17.4 Å². The lowest BCUT2D eigenvalue weighted by atomic mass is 9.97. The largest absolute Gasteiger partial charge is 0.379 e. The number of nitro groups is 1. The number of thiazole rings is 1. The molecule has 33 heavy (non-hydrogen) atoms. The maximum absolute atomic E-state index is 13.4. The van der Waals surface area contributed by atoms with Crippen LogP contribution >= 0.6 is 11.3 Å². The molecule has 9 nitrogen and oxygen atoms in total. The molecular weight excluding hydrogens is 464 g/mol. The molecule has 0 radical (unpaired) electrons. The van der Waals surface area contributed by atoms with Crippen molar-refractivity contribution in [1.82, 2.24) is 9.29 Å². The lowest BCUT2D eigenvalue weighted by Gasteiger charge is -2.35. The van der Waals surface area contributed by atoms with Crippen LogP contribution in [0.25, 0.3) is 10.2 Å². The van der Waals surface area contributed by atoms with Crippen LogP contribution in [0.2, 0.25) is 0 Å². The molecule has 2 aromatic carbocycles. The zero-order valence-corrected chi connectivity index (χ0v) is 19.6. The van der Waals surface area contributed by atoms with Gasteiger partial charge in [0, 0.05) is 44.2 Å². The van der Waals surface area contributed by atoms with Gasteiger partial charge >= 0.3 is 0 Å². The van der Waals surface area contributed by atoms with Crippen LogP contribution in [-0.4, -0.2) is 62.0 Å². The number of nitrogens with zero attached hydrogens (tertiary/aromatic N) is 4. The first-order valence-electron chi connectivity index (χ1n) is 10.9. The Balaban J connectivity index is 1.41. The first kappa shape index (κ1) is 22.2. The van der Waals surface area contributed by atoms with Gasteiger partial charge in [0.2, 0.25) is 10.0 Å². The fraction of sp³-hybridized carbons (Fsp3) is 0.409. The average molecular weight is 489 g/mol. The number of hydrogen-bond donors (Lipinski definition) is 0. The monoisotopic (exact) mass is 488 g/mol. The van der Waals surface area contributed by atoms with Gasteiger partial charge in [-0.25, -0.2) is 13.4 Å². The summed E-state index contributed by atoms with van der Waals surface area (Å²) in [5.41, 5.74) is 1.30. The number of benzene rings is 2. The molecular formula is C22H24N4O5S2. The lowest BCUT2D eigenvalue weighted by molar-refractivity contribution is -0.385. The third-order valence-corrected chi connectivity index (χ3v) is 9.36. The molecule has 2 saturated heterocycles. The second-order valence-corrected chi connectivity index (χ2v) is 11.2. The summed E-state index contributed by atoms with van der Waals surface area (Å²) in [6.07, 6.45) is 1.68. The number of hydrogen-bond acceptors (Lipinski definition) is 8. The van der Waals surface area contributed by atoms with E-state index in [4.69, 9.17) is 9.72 Å². The second kappa shape index (κ2) is 8.98. The molecule has 0 spiro atoms. The molecule has 3 aromatic rings. The molecule has 2 fully saturated rings. The van der Waals surface area contributed by atoms with E-state index in [1.807, 2.05) is 23.1 Å². The summed E-state index contributed by atoms with van der Waals surface area (Å²) >= 11 is 1.71. The first-order valence-corrected chi connectivity index (χ1v) is 13.2. The van der Waals surface area contributed by atoms with Crippen molar-refractivity contribution < 1.29 is 18.1 Å². The normalized spacial score (nSPS) is 18.6. The van der Waals surface area contributed by atoms with Gasteiger partial charge in [0.1, 0.15) is 4.90 Å². The maximum Gasteiger partial charge on any atom is 0.270 e. The van der Waals surface area contributed by atoms with Gasteiger partial charge in [0.25, 0.3) is 5.69 Å². The van der Waals surface area contributed by atoms with E-state index >= 15 is 0 Å². The number of piperidine rings is 1. The van der Waals surface area contributed by atoms with Crippen LogP contribution < -0.4 is 4.90 Å². The van der Waals surface area contributed by atoms with Gasteiger partial charge in [0.05, 0.1) is 39.0 Å². The van der Waals surface area contributed by atoms with Crippen LogP contribution in [0.15, 0.2) is 47.4 Å². The Morgan fingerprint density at radius 2 is 1.79 bits per heavy atom. The summed E-state index contributed by atoms with van der Waals surface area (Å²) in [7, 11) is -3.88. The number of ether oxygens (including phenoxy) is 1. The molecule has 0 aliphatic carbocycles. The van der Waals surface area contributed by atoms with E-state index < -0.39 is 14.9 Å². The standard InChI is InChI=1S/C22H24N4O5S2/c27-26(28)17-5-6-19(21(15-17)33(29,30)25-11-13-31-14-12-25)24-9-7-16(8-10-24)22-23-18-3-1-2-4-20(18)32-22/h1-6,15-16H,7-14H2. The topological polar surface area (TPSA) is 106 Å². The van der Waals surface area contributed by atoms with Gasteiger partial charge in [-0.05, 0) is 31.0 Å². The minimum atomic E-state index is -3.88. The molecule has 2 aliphatic rings. The molecule has 0 amide bonds. The molecule has 11 heteroatoms. The van der Waals surface area contributed by atoms with Crippen LogP contribution in [0.5, 0.6) is 0 Å². The lowest BCUT2D eigenvalue weighted by Crippen LogP contribution is -2.41. The van der Waals surface area contributed by atoms with E-state index in [9.17, 15) is 18.5 Å². The molecule has 3 heterocycles. The van der Waals surface area contributed by atoms with Crippen molar-refractivity contribution in [3.63, 3.8) is 0 Å². The Labute approximate surface area is 195 Å².